The van der Waals surface area contributed by atoms with Crippen molar-refractivity contribution in [3.63, 3.8) is 0 Å². The van der Waals surface area contributed by atoms with Gasteiger partial charge in [-0.15, -0.1) is 0 Å². The molecule has 0 aromatic carbocycles. The number of hydrogen-bond acceptors (Lipinski definition) is 3. The molecule has 0 rings (SSSR count). The van der Waals surface area contributed by atoms with Gasteiger partial charge in [-0.3, -0.25) is 0 Å². The fourth-order valence-electron chi connectivity index (χ4n) is 1.04. The first-order valence-corrected chi connectivity index (χ1v) is 5.60. The van der Waals surface area contributed by atoms with E-state index in [1.165, 1.54) is 0 Å². The topological polar surface area (TPSA) is 33.3 Å². The average Bonchev–Trinajstić information content (AvgIpc) is 2.07. The average molecular weight is 214 g/mol. The van der Waals surface area contributed by atoms with Gasteiger partial charge in [-0.2, -0.15) is 0 Å². The third-order valence-electron chi connectivity index (χ3n) is 1.73. The van der Waals surface area contributed by atoms with E-state index in [0.29, 0.717) is 6.61 Å². The largest absolute Gasteiger partial charge is 0.376 e. The van der Waals surface area contributed by atoms with E-state index in [2.05, 4.69) is 38.0 Å². The third-order valence-corrected chi connectivity index (χ3v) is 1.73. The zero-order chi connectivity index (χ0) is 11.7. The molecular formula is C12H26N2O. The van der Waals surface area contributed by atoms with Crippen LogP contribution in [0.3, 0.4) is 0 Å². The summed E-state index contributed by atoms with van der Waals surface area (Å²) in [4.78, 5) is 0. The number of ether oxygens (including phenoxy) is 1. The van der Waals surface area contributed by atoms with Gasteiger partial charge in [0.15, 0.2) is 0 Å². The van der Waals surface area contributed by atoms with Gasteiger partial charge in [0, 0.05) is 25.2 Å². The van der Waals surface area contributed by atoms with Gasteiger partial charge in [0.1, 0.15) is 0 Å². The highest BCUT2D eigenvalue weighted by molar-refractivity contribution is 4.87. The summed E-state index contributed by atoms with van der Waals surface area (Å²) in [6.45, 7) is 16.5. The molecule has 2 N–H and O–H groups in total. The first-order valence-electron chi connectivity index (χ1n) is 5.60. The first-order chi connectivity index (χ1) is 6.92. The molecule has 90 valence electrons. The van der Waals surface area contributed by atoms with Crippen molar-refractivity contribution in [3.05, 3.63) is 12.2 Å². The Bertz CT molecular complexity index is 173. The summed E-state index contributed by atoms with van der Waals surface area (Å²) >= 11 is 0. The molecule has 0 aliphatic rings. The lowest BCUT2D eigenvalue weighted by Crippen LogP contribution is -2.40. The molecule has 0 fully saturated rings. The van der Waals surface area contributed by atoms with Crippen LogP contribution in [-0.4, -0.2) is 38.4 Å². The van der Waals surface area contributed by atoms with E-state index in [9.17, 15) is 0 Å². The molecule has 15 heavy (non-hydrogen) atoms. The standard InChI is InChI=1S/C12H26N2O/c1-11(2)10-15-9-8-13-6-7-14-12(3,4)5/h13-14H,1,6-10H2,2-5H3. The van der Waals surface area contributed by atoms with E-state index in [1.54, 1.807) is 0 Å². The molecule has 3 heteroatoms. The second-order valence-electron chi connectivity index (χ2n) is 4.94. The van der Waals surface area contributed by atoms with Gasteiger partial charge >= 0.3 is 0 Å². The van der Waals surface area contributed by atoms with Crippen LogP contribution in [0.4, 0.5) is 0 Å². The lowest BCUT2D eigenvalue weighted by atomic mass is 10.1. The Morgan fingerprint density at radius 2 is 1.87 bits per heavy atom. The smallest absolute Gasteiger partial charge is 0.0672 e. The van der Waals surface area contributed by atoms with Gasteiger partial charge in [0.05, 0.1) is 13.2 Å². The van der Waals surface area contributed by atoms with Crippen molar-refractivity contribution < 1.29 is 4.74 Å². The van der Waals surface area contributed by atoms with Crippen molar-refractivity contribution >= 4 is 0 Å². The molecule has 0 spiro atoms. The van der Waals surface area contributed by atoms with Crippen LogP contribution in [0.15, 0.2) is 12.2 Å². The van der Waals surface area contributed by atoms with Crippen molar-refractivity contribution in [2.45, 2.75) is 33.2 Å². The van der Waals surface area contributed by atoms with E-state index in [4.69, 9.17) is 4.74 Å². The molecule has 0 bridgehead atoms. The molecule has 0 aromatic heterocycles. The fraction of sp³-hybridized carbons (Fsp3) is 0.833. The SMILES string of the molecule is C=C(C)COCCNCCNC(C)(C)C. The maximum atomic E-state index is 5.36. The van der Waals surface area contributed by atoms with Gasteiger partial charge < -0.3 is 15.4 Å². The summed E-state index contributed by atoms with van der Waals surface area (Å²) in [6.07, 6.45) is 0. The van der Waals surface area contributed by atoms with Crippen LogP contribution in [0.5, 0.6) is 0 Å². The van der Waals surface area contributed by atoms with E-state index in [0.717, 1.165) is 31.8 Å². The van der Waals surface area contributed by atoms with Crippen molar-refractivity contribution in [2.24, 2.45) is 0 Å². The van der Waals surface area contributed by atoms with Gasteiger partial charge in [-0.25, -0.2) is 0 Å². The summed E-state index contributed by atoms with van der Waals surface area (Å²) in [5, 5.41) is 6.73. The van der Waals surface area contributed by atoms with Crippen molar-refractivity contribution in [1.82, 2.24) is 10.6 Å². The molecule has 0 saturated carbocycles. The predicted octanol–water partition coefficient (Wildman–Crippen LogP) is 1.56. The fourth-order valence-corrected chi connectivity index (χ4v) is 1.04. The second-order valence-corrected chi connectivity index (χ2v) is 4.94. The molecule has 0 amide bonds. The molecule has 0 aliphatic heterocycles. The minimum atomic E-state index is 0.206. The maximum absolute atomic E-state index is 5.36. The Labute approximate surface area is 94.3 Å². The van der Waals surface area contributed by atoms with Gasteiger partial charge in [0.25, 0.3) is 0 Å². The van der Waals surface area contributed by atoms with E-state index in [1.807, 2.05) is 6.92 Å². The van der Waals surface area contributed by atoms with Gasteiger partial charge in [0.2, 0.25) is 0 Å². The Morgan fingerprint density at radius 3 is 2.40 bits per heavy atom. The van der Waals surface area contributed by atoms with Crippen LogP contribution in [-0.2, 0) is 4.74 Å². The summed E-state index contributed by atoms with van der Waals surface area (Å²) in [6, 6.07) is 0. The number of nitrogens with one attached hydrogen (secondary N) is 2. The van der Waals surface area contributed by atoms with Crippen molar-refractivity contribution in [3.8, 4) is 0 Å². The molecule has 0 unspecified atom stereocenters. The Kier molecular flexibility index (Phi) is 7.65. The van der Waals surface area contributed by atoms with Crippen LogP contribution in [0.25, 0.3) is 0 Å². The lowest BCUT2D eigenvalue weighted by Gasteiger charge is -2.20. The molecule has 0 heterocycles. The van der Waals surface area contributed by atoms with E-state index < -0.39 is 0 Å². The Morgan fingerprint density at radius 1 is 1.20 bits per heavy atom. The molecule has 0 radical (unpaired) electrons. The van der Waals surface area contributed by atoms with Crippen LogP contribution in [0, 0.1) is 0 Å². The second kappa shape index (κ2) is 7.85. The normalized spacial score (nSPS) is 11.7. The zero-order valence-electron chi connectivity index (χ0n) is 10.7. The number of hydrogen-bond donors (Lipinski definition) is 2. The zero-order valence-corrected chi connectivity index (χ0v) is 10.7. The molecule has 3 nitrogen and oxygen atoms in total. The summed E-state index contributed by atoms with van der Waals surface area (Å²) < 4.78 is 5.36. The minimum absolute atomic E-state index is 0.206. The van der Waals surface area contributed by atoms with Gasteiger partial charge in [-0.1, -0.05) is 12.2 Å². The minimum Gasteiger partial charge on any atom is -0.376 e. The van der Waals surface area contributed by atoms with Gasteiger partial charge in [-0.05, 0) is 27.7 Å². The van der Waals surface area contributed by atoms with Crippen LogP contribution >= 0.6 is 0 Å². The van der Waals surface area contributed by atoms with Crippen molar-refractivity contribution in [2.75, 3.05) is 32.8 Å². The highest BCUT2D eigenvalue weighted by Crippen LogP contribution is 1.96. The van der Waals surface area contributed by atoms with Crippen LogP contribution in [0.1, 0.15) is 27.7 Å². The van der Waals surface area contributed by atoms with Crippen molar-refractivity contribution in [1.29, 1.82) is 0 Å². The summed E-state index contributed by atoms with van der Waals surface area (Å²) in [7, 11) is 0. The highest BCUT2D eigenvalue weighted by Gasteiger charge is 2.06. The quantitative estimate of drug-likeness (QED) is 0.475. The molecule has 0 aromatic rings. The van der Waals surface area contributed by atoms with E-state index in [-0.39, 0.29) is 5.54 Å². The Balaban J connectivity index is 3.09. The lowest BCUT2D eigenvalue weighted by molar-refractivity contribution is 0.158. The summed E-state index contributed by atoms with van der Waals surface area (Å²) in [5.41, 5.74) is 1.28. The Hall–Kier alpha value is -0.380. The first kappa shape index (κ1) is 14.6. The predicted molar refractivity (Wildman–Crippen MR) is 66.3 cm³/mol. The van der Waals surface area contributed by atoms with E-state index >= 15 is 0 Å². The summed E-state index contributed by atoms with van der Waals surface area (Å²) in [5.74, 6) is 0. The molecule has 0 saturated heterocycles. The molecule has 0 aliphatic carbocycles. The van der Waals surface area contributed by atoms with Crippen LogP contribution in [0.2, 0.25) is 0 Å². The number of rotatable bonds is 8. The van der Waals surface area contributed by atoms with Crippen LogP contribution < -0.4 is 10.6 Å². The monoisotopic (exact) mass is 214 g/mol. The third kappa shape index (κ3) is 13.6. The molecular weight excluding hydrogens is 188 g/mol. The highest BCUT2D eigenvalue weighted by atomic mass is 16.5. The maximum Gasteiger partial charge on any atom is 0.0672 e. The molecule has 0 atom stereocenters.